The maximum Gasteiger partial charge on any atom is 0.334 e. The number of hydrogen-bond donors (Lipinski definition) is 0. The van der Waals surface area contributed by atoms with Crippen molar-refractivity contribution in [1.82, 2.24) is 23.9 Å². The van der Waals surface area contributed by atoms with E-state index in [0.29, 0.717) is 41.9 Å². The lowest BCUT2D eigenvalue weighted by Gasteiger charge is -2.32. The Labute approximate surface area is 239 Å². The molecule has 1 amide bonds. The molecule has 2 aromatic carbocycles. The van der Waals surface area contributed by atoms with Crippen molar-refractivity contribution < 1.29 is 22.7 Å². The highest BCUT2D eigenvalue weighted by Crippen LogP contribution is 2.32. The Morgan fingerprint density at radius 1 is 1.14 bits per heavy atom. The summed E-state index contributed by atoms with van der Waals surface area (Å²) < 4.78 is 49.4. The average molecular weight is 579 g/mol. The second-order valence-corrected chi connectivity index (χ2v) is 9.98. The molecule has 42 heavy (non-hydrogen) atoms. The molecule has 1 aliphatic rings. The van der Waals surface area contributed by atoms with Crippen LogP contribution in [0.15, 0.2) is 76.7 Å². The van der Waals surface area contributed by atoms with E-state index in [1.807, 2.05) is 14.1 Å². The summed E-state index contributed by atoms with van der Waals surface area (Å²) in [5.74, 6) is -2.04. The van der Waals surface area contributed by atoms with Gasteiger partial charge >= 0.3 is 5.69 Å². The number of fused-ring (bicyclic) bond motifs is 1. The van der Waals surface area contributed by atoms with E-state index < -0.39 is 24.1 Å². The lowest BCUT2D eigenvalue weighted by molar-refractivity contribution is -0.127. The monoisotopic (exact) mass is 578 g/mol. The van der Waals surface area contributed by atoms with Crippen LogP contribution in [-0.2, 0) is 4.79 Å². The number of hydrogen-bond acceptors (Lipinski definition) is 5. The van der Waals surface area contributed by atoms with Crippen LogP contribution in [0.5, 0.6) is 11.5 Å². The molecule has 0 unspecified atom stereocenters. The highest BCUT2D eigenvalue weighted by Gasteiger charge is 2.29. The highest BCUT2D eigenvalue weighted by molar-refractivity contribution is 5.89. The SMILES string of the molecule is CN(C)C=Nc1nccc2c1n(-c1ccc(Oc3c(F)cccc3F)cc1)c(=O)n2[C@@H]1CCCN(C(=O)/C=C/CF)C1. The van der Waals surface area contributed by atoms with Crippen LogP contribution >= 0.6 is 0 Å². The molecule has 4 aromatic rings. The van der Waals surface area contributed by atoms with Crippen molar-refractivity contribution in [1.29, 1.82) is 0 Å². The number of piperidine rings is 1. The topological polar surface area (TPSA) is 85.0 Å². The first-order valence-electron chi connectivity index (χ1n) is 13.3. The third-order valence-corrected chi connectivity index (χ3v) is 6.83. The molecule has 0 bridgehead atoms. The van der Waals surface area contributed by atoms with E-state index in [1.165, 1.54) is 34.9 Å². The van der Waals surface area contributed by atoms with Crippen molar-refractivity contribution in [2.45, 2.75) is 18.9 Å². The van der Waals surface area contributed by atoms with E-state index in [9.17, 15) is 22.8 Å². The number of ether oxygens (including phenoxy) is 1. The first-order chi connectivity index (χ1) is 20.3. The van der Waals surface area contributed by atoms with E-state index >= 15 is 0 Å². The number of rotatable bonds is 8. The number of carbonyl (C=O) groups excluding carboxylic acids is 1. The zero-order chi connectivity index (χ0) is 29.8. The number of benzene rings is 2. The molecule has 9 nitrogen and oxygen atoms in total. The Bertz CT molecular complexity index is 1690. The van der Waals surface area contributed by atoms with Crippen LogP contribution in [0, 0.1) is 11.6 Å². The lowest BCUT2D eigenvalue weighted by Crippen LogP contribution is -2.42. The van der Waals surface area contributed by atoms with Crippen LogP contribution in [0.3, 0.4) is 0 Å². The van der Waals surface area contributed by atoms with Gasteiger partial charge in [0, 0.05) is 39.5 Å². The number of nitrogens with zero attached hydrogens (tertiary/aromatic N) is 6. The molecule has 5 rings (SSSR count). The number of likely N-dealkylation sites (tertiary alicyclic amines) is 1. The summed E-state index contributed by atoms with van der Waals surface area (Å²) in [4.78, 5) is 39.0. The van der Waals surface area contributed by atoms with Crippen molar-refractivity contribution in [2.75, 3.05) is 33.9 Å². The quantitative estimate of drug-likeness (QED) is 0.164. The van der Waals surface area contributed by atoms with Gasteiger partial charge in [-0.3, -0.25) is 13.9 Å². The van der Waals surface area contributed by atoms with Gasteiger partial charge in [-0.05, 0) is 61.4 Å². The van der Waals surface area contributed by atoms with Crippen molar-refractivity contribution in [2.24, 2.45) is 4.99 Å². The summed E-state index contributed by atoms with van der Waals surface area (Å²) in [5.41, 5.74) is 1.12. The number of pyridine rings is 1. The van der Waals surface area contributed by atoms with Crippen LogP contribution in [0.25, 0.3) is 16.7 Å². The number of alkyl halides is 1. The van der Waals surface area contributed by atoms with Crippen LogP contribution < -0.4 is 10.4 Å². The number of aliphatic imine (C=N–C) groups is 1. The van der Waals surface area contributed by atoms with Gasteiger partial charge in [0.2, 0.25) is 5.91 Å². The minimum atomic E-state index is -0.840. The van der Waals surface area contributed by atoms with Gasteiger partial charge in [-0.2, -0.15) is 0 Å². The van der Waals surface area contributed by atoms with Crippen molar-refractivity contribution in [3.63, 3.8) is 0 Å². The van der Waals surface area contributed by atoms with Crippen molar-refractivity contribution >= 4 is 29.1 Å². The normalized spacial score (nSPS) is 15.6. The Kier molecular flexibility index (Phi) is 8.41. The highest BCUT2D eigenvalue weighted by atomic mass is 19.1. The molecule has 218 valence electrons. The summed E-state index contributed by atoms with van der Waals surface area (Å²) in [7, 11) is 3.62. The number of halogens is 3. The fourth-order valence-corrected chi connectivity index (χ4v) is 4.98. The predicted molar refractivity (Wildman–Crippen MR) is 154 cm³/mol. The molecule has 0 spiro atoms. The summed E-state index contributed by atoms with van der Waals surface area (Å²) in [6.07, 6.45) is 6.83. The summed E-state index contributed by atoms with van der Waals surface area (Å²) in [6.45, 7) is 0.0374. The van der Waals surface area contributed by atoms with Crippen LogP contribution in [0.2, 0.25) is 0 Å². The molecule has 2 aromatic heterocycles. The molecule has 1 atom stereocenters. The first-order valence-corrected chi connectivity index (χ1v) is 13.3. The third-order valence-electron chi connectivity index (χ3n) is 6.83. The van der Waals surface area contributed by atoms with E-state index in [4.69, 9.17) is 4.74 Å². The molecule has 1 saturated heterocycles. The van der Waals surface area contributed by atoms with Crippen LogP contribution in [0.1, 0.15) is 18.9 Å². The first kappa shape index (κ1) is 28.7. The van der Waals surface area contributed by atoms with Gasteiger partial charge in [-0.15, -0.1) is 0 Å². The van der Waals surface area contributed by atoms with E-state index in [1.54, 1.807) is 45.1 Å². The number of allylic oxidation sites excluding steroid dienone is 1. The van der Waals surface area contributed by atoms with Gasteiger partial charge in [-0.1, -0.05) is 6.07 Å². The molecule has 1 fully saturated rings. The molecule has 0 saturated carbocycles. The Hall–Kier alpha value is -4.87. The summed E-state index contributed by atoms with van der Waals surface area (Å²) in [5, 5.41) is 0. The van der Waals surface area contributed by atoms with Gasteiger partial charge in [0.1, 0.15) is 17.9 Å². The number of imidazole rings is 1. The lowest BCUT2D eigenvalue weighted by atomic mass is 10.1. The van der Waals surface area contributed by atoms with Crippen molar-refractivity contribution in [3.05, 3.63) is 89.0 Å². The number of amides is 1. The maximum absolute atomic E-state index is 14.1. The Morgan fingerprint density at radius 2 is 1.88 bits per heavy atom. The van der Waals surface area contributed by atoms with Gasteiger partial charge in [-0.25, -0.2) is 27.9 Å². The molecule has 0 aliphatic carbocycles. The second-order valence-electron chi connectivity index (χ2n) is 9.98. The predicted octanol–water partition coefficient (Wildman–Crippen LogP) is 5.17. The summed E-state index contributed by atoms with van der Waals surface area (Å²) in [6, 6.07) is 11.0. The average Bonchev–Trinajstić information content (AvgIpc) is 3.29. The van der Waals surface area contributed by atoms with E-state index in [0.717, 1.165) is 12.1 Å². The fourth-order valence-electron chi connectivity index (χ4n) is 4.98. The summed E-state index contributed by atoms with van der Waals surface area (Å²) >= 11 is 0. The van der Waals surface area contributed by atoms with Gasteiger partial charge in [0.25, 0.3) is 0 Å². The molecule has 0 N–H and O–H groups in total. The molecule has 12 heteroatoms. The van der Waals surface area contributed by atoms with Gasteiger partial charge in [0.05, 0.1) is 23.6 Å². The van der Waals surface area contributed by atoms with E-state index in [2.05, 4.69) is 9.98 Å². The van der Waals surface area contributed by atoms with Gasteiger partial charge < -0.3 is 14.5 Å². The van der Waals surface area contributed by atoms with Crippen molar-refractivity contribution in [3.8, 4) is 17.2 Å². The van der Waals surface area contributed by atoms with Crippen LogP contribution in [-0.4, -0.2) is 70.0 Å². The third kappa shape index (κ3) is 5.78. The zero-order valence-corrected chi connectivity index (χ0v) is 23.1. The molecule has 0 radical (unpaired) electrons. The fraction of sp³-hybridized carbons (Fsp3) is 0.267. The number of carbonyl (C=O) groups is 1. The minimum Gasteiger partial charge on any atom is -0.451 e. The molecule has 1 aliphatic heterocycles. The standard InChI is InChI=1S/C30H29F3N6O3/c1-36(2)19-35-29-27-25(14-16-34-29)38(21-6-5-17-37(18-21)26(40)9-4-15-31)30(41)39(27)20-10-12-22(13-11-20)42-28-23(32)7-3-8-24(28)33/h3-4,7-14,16,19,21H,5-6,15,17-18H2,1-2H3/b9-4+,35-19?/t21-/m1/s1. The molecule has 3 heterocycles. The molecular formula is C30H29F3N6O3. The number of para-hydroxylation sites is 1. The second kappa shape index (κ2) is 12.3. The Morgan fingerprint density at radius 3 is 2.57 bits per heavy atom. The number of aromatic nitrogens is 3. The molecular weight excluding hydrogens is 549 g/mol. The zero-order valence-electron chi connectivity index (χ0n) is 23.1. The van der Waals surface area contributed by atoms with Crippen LogP contribution in [0.4, 0.5) is 19.0 Å². The largest absolute Gasteiger partial charge is 0.451 e. The Balaban J connectivity index is 1.59. The minimum absolute atomic E-state index is 0.172. The smallest absolute Gasteiger partial charge is 0.334 e. The van der Waals surface area contributed by atoms with E-state index in [-0.39, 0.29) is 29.9 Å². The van der Waals surface area contributed by atoms with Gasteiger partial charge in [0.15, 0.2) is 23.2 Å². The maximum atomic E-state index is 14.1.